The Bertz CT molecular complexity index is 1360. The van der Waals surface area contributed by atoms with E-state index in [4.69, 9.17) is 11.6 Å². The molecule has 8 nitrogen and oxygen atoms in total. The van der Waals surface area contributed by atoms with Crippen LogP contribution in [0, 0.1) is 0 Å². The number of benzene rings is 3. The molecule has 0 unspecified atom stereocenters. The van der Waals surface area contributed by atoms with E-state index in [1.54, 1.807) is 36.4 Å². The molecule has 0 fully saturated rings. The van der Waals surface area contributed by atoms with Crippen molar-refractivity contribution in [1.29, 1.82) is 0 Å². The molecular weight excluding hydrogens is 554 g/mol. The molecular formula is C21H19BrClN3O5S2. The van der Waals surface area contributed by atoms with Gasteiger partial charge < -0.3 is 5.32 Å². The molecule has 2 N–H and O–H groups in total. The minimum Gasteiger partial charge on any atom is -0.325 e. The zero-order valence-corrected chi connectivity index (χ0v) is 21.2. The monoisotopic (exact) mass is 571 g/mol. The van der Waals surface area contributed by atoms with Crippen molar-refractivity contribution >= 4 is 70.5 Å². The summed E-state index contributed by atoms with van der Waals surface area (Å²) in [6, 6.07) is 18.3. The Kier molecular flexibility index (Phi) is 7.68. The Hall–Kier alpha value is -2.60. The molecule has 0 aliphatic rings. The molecule has 174 valence electrons. The molecule has 0 saturated heterocycles. The number of hydrogen-bond acceptors (Lipinski definition) is 5. The van der Waals surface area contributed by atoms with Crippen LogP contribution in [0.25, 0.3) is 0 Å². The number of nitrogens with zero attached hydrogens (tertiary/aromatic N) is 1. The molecule has 0 aliphatic heterocycles. The number of para-hydroxylation sites is 1. The number of halogens is 2. The fourth-order valence-corrected chi connectivity index (χ4v) is 5.48. The zero-order chi connectivity index (χ0) is 24.2. The first kappa shape index (κ1) is 25.0. The molecule has 0 atom stereocenters. The molecule has 0 spiro atoms. The third-order valence-electron chi connectivity index (χ3n) is 4.35. The Morgan fingerprint density at radius 2 is 1.48 bits per heavy atom. The van der Waals surface area contributed by atoms with E-state index in [-0.39, 0.29) is 4.90 Å². The summed E-state index contributed by atoms with van der Waals surface area (Å²) < 4.78 is 53.5. The molecule has 0 saturated carbocycles. The van der Waals surface area contributed by atoms with Crippen molar-refractivity contribution in [3.05, 3.63) is 82.3 Å². The van der Waals surface area contributed by atoms with E-state index >= 15 is 0 Å². The quantitative estimate of drug-likeness (QED) is 0.418. The summed E-state index contributed by atoms with van der Waals surface area (Å²) in [6.07, 6.45) is 1.01. The number of hydrogen-bond donors (Lipinski definition) is 2. The predicted octanol–water partition coefficient (Wildman–Crippen LogP) is 4.31. The molecule has 33 heavy (non-hydrogen) atoms. The lowest BCUT2D eigenvalue weighted by molar-refractivity contribution is -0.114. The summed E-state index contributed by atoms with van der Waals surface area (Å²) in [5.74, 6) is -0.592. The van der Waals surface area contributed by atoms with Crippen LogP contribution in [0.5, 0.6) is 0 Å². The number of anilines is 3. The van der Waals surface area contributed by atoms with Crippen LogP contribution in [-0.4, -0.2) is 35.5 Å². The second-order valence-corrected chi connectivity index (χ2v) is 11.8. The molecule has 3 aromatic rings. The van der Waals surface area contributed by atoms with Gasteiger partial charge in [0.15, 0.2) is 0 Å². The largest absolute Gasteiger partial charge is 0.325 e. The number of rotatable bonds is 8. The summed E-state index contributed by atoms with van der Waals surface area (Å²) in [5.41, 5.74) is 0.987. The van der Waals surface area contributed by atoms with E-state index in [0.717, 1.165) is 10.6 Å². The van der Waals surface area contributed by atoms with Gasteiger partial charge in [0.2, 0.25) is 15.9 Å². The highest BCUT2D eigenvalue weighted by Crippen LogP contribution is 2.27. The molecule has 3 rings (SSSR count). The maximum Gasteiger partial charge on any atom is 0.261 e. The molecule has 1 amide bonds. The summed E-state index contributed by atoms with van der Waals surface area (Å²) in [5, 5.41) is 3.06. The number of amides is 1. The normalized spacial score (nSPS) is 11.6. The minimum atomic E-state index is -3.85. The van der Waals surface area contributed by atoms with Crippen molar-refractivity contribution in [3.8, 4) is 0 Å². The first-order valence-corrected chi connectivity index (χ1v) is 13.9. The molecule has 0 radical (unpaired) electrons. The van der Waals surface area contributed by atoms with Gasteiger partial charge in [-0.05, 0) is 76.6 Å². The van der Waals surface area contributed by atoms with Crippen molar-refractivity contribution in [1.82, 2.24) is 0 Å². The van der Waals surface area contributed by atoms with Crippen molar-refractivity contribution in [3.63, 3.8) is 0 Å². The lowest BCUT2D eigenvalue weighted by Gasteiger charge is -2.23. The summed E-state index contributed by atoms with van der Waals surface area (Å²) in [7, 11) is -7.59. The fourth-order valence-electron chi connectivity index (χ4n) is 2.82. The van der Waals surface area contributed by atoms with Gasteiger partial charge in [-0.2, -0.15) is 0 Å². The number of sulfonamides is 2. The summed E-state index contributed by atoms with van der Waals surface area (Å²) >= 11 is 9.10. The standard InChI is InChI=1S/C21H19BrClN3O5S2/c1-32(28,29)26(20-5-3-2-4-19(20)22)14-21(27)24-16-10-12-18(13-11-16)33(30,31)25-17-8-6-15(23)7-9-17/h2-13,25H,14H2,1H3,(H,24,27). The van der Waals surface area contributed by atoms with Gasteiger partial charge in [0.25, 0.3) is 10.0 Å². The van der Waals surface area contributed by atoms with Crippen LogP contribution in [0.15, 0.2) is 82.2 Å². The van der Waals surface area contributed by atoms with E-state index < -0.39 is 32.5 Å². The van der Waals surface area contributed by atoms with Crippen molar-refractivity contribution in [2.24, 2.45) is 0 Å². The Balaban J connectivity index is 1.71. The predicted molar refractivity (Wildman–Crippen MR) is 134 cm³/mol. The van der Waals surface area contributed by atoms with Crippen molar-refractivity contribution in [2.75, 3.05) is 27.1 Å². The van der Waals surface area contributed by atoms with Gasteiger partial charge in [0, 0.05) is 20.9 Å². The zero-order valence-electron chi connectivity index (χ0n) is 17.2. The molecule has 0 bridgehead atoms. The number of carbonyl (C=O) groups excluding carboxylic acids is 1. The SMILES string of the molecule is CS(=O)(=O)N(CC(=O)Nc1ccc(S(=O)(=O)Nc2ccc(Cl)cc2)cc1)c1ccccc1Br. The Morgan fingerprint density at radius 1 is 0.909 bits per heavy atom. The lowest BCUT2D eigenvalue weighted by Crippen LogP contribution is -2.37. The van der Waals surface area contributed by atoms with E-state index in [1.807, 2.05) is 0 Å². The highest BCUT2D eigenvalue weighted by atomic mass is 79.9. The number of nitrogens with one attached hydrogen (secondary N) is 2. The van der Waals surface area contributed by atoms with Crippen molar-refractivity contribution < 1.29 is 21.6 Å². The topological polar surface area (TPSA) is 113 Å². The van der Waals surface area contributed by atoms with Crippen LogP contribution in [0.1, 0.15) is 0 Å². The fraction of sp³-hybridized carbons (Fsp3) is 0.0952. The van der Waals surface area contributed by atoms with Crippen LogP contribution in [0.4, 0.5) is 17.1 Å². The van der Waals surface area contributed by atoms with Gasteiger partial charge in [-0.3, -0.25) is 13.8 Å². The Labute approximate surface area is 205 Å². The first-order valence-electron chi connectivity index (χ1n) is 9.36. The van der Waals surface area contributed by atoms with E-state index in [1.165, 1.54) is 36.4 Å². The van der Waals surface area contributed by atoms with Gasteiger partial charge in [-0.25, -0.2) is 16.8 Å². The maximum absolute atomic E-state index is 12.6. The Morgan fingerprint density at radius 3 is 2.06 bits per heavy atom. The van der Waals surface area contributed by atoms with Gasteiger partial charge in [-0.15, -0.1) is 0 Å². The third-order valence-corrected chi connectivity index (χ3v) is 7.80. The average Bonchev–Trinajstić information content (AvgIpc) is 2.74. The maximum atomic E-state index is 12.6. The first-order chi connectivity index (χ1) is 15.5. The molecule has 0 aliphatic carbocycles. The molecule has 12 heteroatoms. The smallest absolute Gasteiger partial charge is 0.261 e. The lowest BCUT2D eigenvalue weighted by atomic mass is 10.3. The molecule has 3 aromatic carbocycles. The van der Waals surface area contributed by atoms with Crippen LogP contribution in [-0.2, 0) is 24.8 Å². The van der Waals surface area contributed by atoms with Crippen LogP contribution in [0.3, 0.4) is 0 Å². The molecule has 0 aromatic heterocycles. The van der Waals surface area contributed by atoms with E-state index in [0.29, 0.717) is 26.6 Å². The third kappa shape index (κ3) is 6.70. The highest BCUT2D eigenvalue weighted by Gasteiger charge is 2.23. The number of carbonyl (C=O) groups is 1. The minimum absolute atomic E-state index is 0.0126. The highest BCUT2D eigenvalue weighted by molar-refractivity contribution is 9.10. The van der Waals surface area contributed by atoms with E-state index in [2.05, 4.69) is 26.0 Å². The summed E-state index contributed by atoms with van der Waals surface area (Å²) in [4.78, 5) is 12.5. The average molecular weight is 573 g/mol. The van der Waals surface area contributed by atoms with Gasteiger partial charge in [0.05, 0.1) is 16.8 Å². The van der Waals surface area contributed by atoms with Crippen LogP contribution < -0.4 is 14.3 Å². The van der Waals surface area contributed by atoms with E-state index in [9.17, 15) is 21.6 Å². The van der Waals surface area contributed by atoms with Gasteiger partial charge in [-0.1, -0.05) is 23.7 Å². The second kappa shape index (κ2) is 10.1. The van der Waals surface area contributed by atoms with Gasteiger partial charge in [0.1, 0.15) is 6.54 Å². The summed E-state index contributed by atoms with van der Waals surface area (Å²) in [6.45, 7) is -0.459. The van der Waals surface area contributed by atoms with Crippen LogP contribution >= 0.6 is 27.5 Å². The van der Waals surface area contributed by atoms with Crippen LogP contribution in [0.2, 0.25) is 5.02 Å². The second-order valence-electron chi connectivity index (χ2n) is 6.91. The van der Waals surface area contributed by atoms with Gasteiger partial charge >= 0.3 is 0 Å². The molecule has 0 heterocycles. The van der Waals surface area contributed by atoms with Crippen molar-refractivity contribution in [2.45, 2.75) is 4.90 Å².